The second-order valence-electron chi connectivity index (χ2n) is 4.48. The Morgan fingerprint density at radius 1 is 1.44 bits per heavy atom. The zero-order chi connectivity index (χ0) is 11.4. The molecule has 1 unspecified atom stereocenters. The molecule has 1 aliphatic rings. The maximum Gasteiger partial charge on any atom is 0.156 e. The first kappa shape index (κ1) is 11.3. The van der Waals surface area contributed by atoms with Gasteiger partial charge >= 0.3 is 0 Å². The Kier molecular flexibility index (Phi) is 3.72. The van der Waals surface area contributed by atoms with E-state index in [0.717, 1.165) is 17.9 Å². The lowest BCUT2D eigenvalue weighted by molar-refractivity contribution is 0.605. The van der Waals surface area contributed by atoms with E-state index in [0.29, 0.717) is 12.6 Å². The molecule has 4 nitrogen and oxygen atoms in total. The number of anilines is 1. The molecule has 0 bridgehead atoms. The Bertz CT molecular complexity index is 340. The van der Waals surface area contributed by atoms with Gasteiger partial charge in [-0.25, -0.2) is 0 Å². The van der Waals surface area contributed by atoms with Crippen LogP contribution in [0.25, 0.3) is 0 Å². The van der Waals surface area contributed by atoms with Crippen molar-refractivity contribution >= 4 is 5.82 Å². The molecule has 1 aromatic rings. The molecule has 0 spiro atoms. The quantitative estimate of drug-likeness (QED) is 0.824. The molecular formula is C12H20N4. The van der Waals surface area contributed by atoms with Crippen molar-refractivity contribution in [2.45, 2.75) is 45.2 Å². The van der Waals surface area contributed by atoms with E-state index < -0.39 is 0 Å². The van der Waals surface area contributed by atoms with Gasteiger partial charge < -0.3 is 10.6 Å². The molecule has 0 saturated carbocycles. The van der Waals surface area contributed by atoms with Crippen LogP contribution in [0.5, 0.6) is 0 Å². The van der Waals surface area contributed by atoms with Crippen molar-refractivity contribution in [3.63, 3.8) is 0 Å². The molecule has 2 N–H and O–H groups in total. The first-order valence-electron chi connectivity index (χ1n) is 6.10. The summed E-state index contributed by atoms with van der Waals surface area (Å²) >= 11 is 0. The van der Waals surface area contributed by atoms with Crippen LogP contribution in [-0.2, 0) is 6.54 Å². The fourth-order valence-electron chi connectivity index (χ4n) is 2.34. The van der Waals surface area contributed by atoms with Crippen LogP contribution >= 0.6 is 0 Å². The van der Waals surface area contributed by atoms with Gasteiger partial charge in [0.1, 0.15) is 0 Å². The highest BCUT2D eigenvalue weighted by atomic mass is 15.3. The predicted octanol–water partition coefficient (Wildman–Crippen LogP) is 1.70. The van der Waals surface area contributed by atoms with E-state index in [4.69, 9.17) is 5.73 Å². The number of aromatic nitrogens is 2. The molecule has 0 aromatic carbocycles. The largest absolute Gasteiger partial charge is 0.352 e. The molecule has 2 heterocycles. The molecule has 1 saturated heterocycles. The van der Waals surface area contributed by atoms with Gasteiger partial charge in [-0.15, -0.1) is 5.10 Å². The normalized spacial score (nSPS) is 21.9. The third kappa shape index (κ3) is 2.32. The summed E-state index contributed by atoms with van der Waals surface area (Å²) in [5.74, 6) is 0.986. The zero-order valence-electron chi connectivity index (χ0n) is 9.89. The van der Waals surface area contributed by atoms with Gasteiger partial charge in [0.15, 0.2) is 5.82 Å². The van der Waals surface area contributed by atoms with E-state index in [9.17, 15) is 0 Å². The van der Waals surface area contributed by atoms with Crippen LogP contribution in [0.4, 0.5) is 5.82 Å². The Morgan fingerprint density at radius 3 is 3.12 bits per heavy atom. The summed E-state index contributed by atoms with van der Waals surface area (Å²) in [5, 5.41) is 8.25. The lowest BCUT2D eigenvalue weighted by Gasteiger charge is -2.29. The van der Waals surface area contributed by atoms with Gasteiger partial charge in [0, 0.05) is 24.7 Å². The highest BCUT2D eigenvalue weighted by molar-refractivity contribution is 5.46. The van der Waals surface area contributed by atoms with Gasteiger partial charge in [-0.1, -0.05) is 12.8 Å². The second kappa shape index (κ2) is 5.25. The number of rotatable bonds is 2. The van der Waals surface area contributed by atoms with Crippen LogP contribution in [0.2, 0.25) is 0 Å². The summed E-state index contributed by atoms with van der Waals surface area (Å²) in [4.78, 5) is 2.36. The van der Waals surface area contributed by atoms with E-state index in [1.165, 1.54) is 25.7 Å². The van der Waals surface area contributed by atoms with Crippen molar-refractivity contribution in [1.29, 1.82) is 0 Å². The van der Waals surface area contributed by atoms with Crippen LogP contribution in [-0.4, -0.2) is 22.8 Å². The van der Waals surface area contributed by atoms with Gasteiger partial charge in [-0.05, 0) is 25.8 Å². The summed E-state index contributed by atoms with van der Waals surface area (Å²) < 4.78 is 0. The standard InChI is InChI=1S/C12H20N4/c1-10-5-3-2-4-8-16(10)12-11(9-13)6-7-14-15-12/h6-7,10H,2-5,8-9,13H2,1H3. The maximum atomic E-state index is 5.75. The van der Waals surface area contributed by atoms with Crippen LogP contribution in [0.15, 0.2) is 12.3 Å². The van der Waals surface area contributed by atoms with Gasteiger partial charge in [0.25, 0.3) is 0 Å². The number of nitrogens with two attached hydrogens (primary N) is 1. The average Bonchev–Trinajstić information content (AvgIpc) is 2.54. The Hall–Kier alpha value is -1.16. The molecule has 1 fully saturated rings. The van der Waals surface area contributed by atoms with E-state index in [2.05, 4.69) is 22.0 Å². The molecule has 88 valence electrons. The maximum absolute atomic E-state index is 5.75. The minimum atomic E-state index is 0.536. The van der Waals surface area contributed by atoms with Crippen molar-refractivity contribution < 1.29 is 0 Å². The Balaban J connectivity index is 2.26. The van der Waals surface area contributed by atoms with E-state index in [1.54, 1.807) is 6.20 Å². The zero-order valence-corrected chi connectivity index (χ0v) is 9.89. The molecule has 0 radical (unpaired) electrons. The molecule has 2 rings (SSSR count). The Labute approximate surface area is 96.9 Å². The number of hydrogen-bond donors (Lipinski definition) is 1. The molecule has 0 amide bonds. The SMILES string of the molecule is CC1CCCCCN1c1nnccc1CN. The lowest BCUT2D eigenvalue weighted by atomic mass is 10.1. The van der Waals surface area contributed by atoms with Gasteiger partial charge in [-0.3, -0.25) is 0 Å². The molecule has 1 aromatic heterocycles. The fourth-order valence-corrected chi connectivity index (χ4v) is 2.34. The Morgan fingerprint density at radius 2 is 2.31 bits per heavy atom. The van der Waals surface area contributed by atoms with E-state index in [1.807, 2.05) is 6.07 Å². The highest BCUT2D eigenvalue weighted by Crippen LogP contribution is 2.24. The molecule has 4 heteroatoms. The van der Waals surface area contributed by atoms with E-state index in [-0.39, 0.29) is 0 Å². The van der Waals surface area contributed by atoms with Gasteiger partial charge in [-0.2, -0.15) is 5.10 Å². The fraction of sp³-hybridized carbons (Fsp3) is 0.667. The third-order valence-electron chi connectivity index (χ3n) is 3.33. The first-order chi connectivity index (χ1) is 7.83. The molecule has 1 aliphatic heterocycles. The van der Waals surface area contributed by atoms with Crippen molar-refractivity contribution in [3.8, 4) is 0 Å². The predicted molar refractivity (Wildman–Crippen MR) is 65.2 cm³/mol. The van der Waals surface area contributed by atoms with Crippen LogP contribution in [0, 0.1) is 0 Å². The average molecular weight is 220 g/mol. The minimum absolute atomic E-state index is 0.536. The van der Waals surface area contributed by atoms with Gasteiger partial charge in [0.05, 0.1) is 6.20 Å². The summed E-state index contributed by atoms with van der Waals surface area (Å²) in [7, 11) is 0. The van der Waals surface area contributed by atoms with Crippen molar-refractivity contribution in [2.24, 2.45) is 5.73 Å². The first-order valence-corrected chi connectivity index (χ1v) is 6.10. The molecule has 1 atom stereocenters. The van der Waals surface area contributed by atoms with Gasteiger partial charge in [0.2, 0.25) is 0 Å². The van der Waals surface area contributed by atoms with Crippen molar-refractivity contribution in [1.82, 2.24) is 10.2 Å². The lowest BCUT2D eigenvalue weighted by Crippen LogP contribution is -2.34. The summed E-state index contributed by atoms with van der Waals surface area (Å²) in [6.45, 7) is 3.88. The second-order valence-corrected chi connectivity index (χ2v) is 4.48. The topological polar surface area (TPSA) is 55.0 Å². The molecular weight excluding hydrogens is 200 g/mol. The van der Waals surface area contributed by atoms with Crippen molar-refractivity contribution in [3.05, 3.63) is 17.8 Å². The molecule has 0 aliphatic carbocycles. The number of nitrogens with zero attached hydrogens (tertiary/aromatic N) is 3. The van der Waals surface area contributed by atoms with Crippen molar-refractivity contribution in [2.75, 3.05) is 11.4 Å². The smallest absolute Gasteiger partial charge is 0.156 e. The summed E-state index contributed by atoms with van der Waals surface area (Å²) in [5.41, 5.74) is 6.85. The number of hydrogen-bond acceptors (Lipinski definition) is 4. The third-order valence-corrected chi connectivity index (χ3v) is 3.33. The van der Waals surface area contributed by atoms with Crippen LogP contribution in [0.1, 0.15) is 38.2 Å². The summed E-state index contributed by atoms with van der Waals surface area (Å²) in [6, 6.07) is 2.52. The van der Waals surface area contributed by atoms with E-state index >= 15 is 0 Å². The van der Waals surface area contributed by atoms with Crippen LogP contribution in [0.3, 0.4) is 0 Å². The monoisotopic (exact) mass is 220 g/mol. The molecule has 16 heavy (non-hydrogen) atoms. The summed E-state index contributed by atoms with van der Waals surface area (Å²) in [6.07, 6.45) is 6.83. The van der Waals surface area contributed by atoms with Crippen LogP contribution < -0.4 is 10.6 Å². The highest BCUT2D eigenvalue weighted by Gasteiger charge is 2.20. The minimum Gasteiger partial charge on any atom is -0.352 e.